The number of hydrogen-bond donors (Lipinski definition) is 1. The summed E-state index contributed by atoms with van der Waals surface area (Å²) in [4.78, 5) is 2.22. The Bertz CT molecular complexity index is 594. The van der Waals surface area contributed by atoms with Gasteiger partial charge in [-0.25, -0.2) is 0 Å². The topological polar surface area (TPSA) is 21.3 Å². The number of ether oxygens (including phenoxy) is 1. The van der Waals surface area contributed by atoms with Crippen LogP contribution in [0.2, 0.25) is 5.02 Å². The third kappa shape index (κ3) is 5.31. The quantitative estimate of drug-likeness (QED) is 0.677. The second-order valence-electron chi connectivity index (χ2n) is 4.47. The van der Waals surface area contributed by atoms with E-state index in [2.05, 4.69) is 39.4 Å². The van der Waals surface area contributed by atoms with Gasteiger partial charge in [0.15, 0.2) is 0 Å². The molecule has 2 aromatic rings. The van der Waals surface area contributed by atoms with Crippen LogP contribution < -0.4 is 5.32 Å². The Hall–Kier alpha value is -0.520. The van der Waals surface area contributed by atoms with E-state index in [9.17, 15) is 0 Å². The molecule has 2 rings (SSSR count). The van der Waals surface area contributed by atoms with Gasteiger partial charge in [-0.3, -0.25) is 0 Å². The van der Waals surface area contributed by atoms with Crippen LogP contribution in [0.3, 0.4) is 0 Å². The first-order valence-electron chi connectivity index (χ1n) is 6.61. The zero-order chi connectivity index (χ0) is 15.1. The van der Waals surface area contributed by atoms with E-state index in [1.807, 2.05) is 24.3 Å². The van der Waals surface area contributed by atoms with Gasteiger partial charge in [-0.1, -0.05) is 41.6 Å². The third-order valence-electron chi connectivity index (χ3n) is 2.86. The van der Waals surface area contributed by atoms with Gasteiger partial charge >= 0.3 is 0 Å². The number of benzene rings is 2. The average Bonchev–Trinajstić information content (AvgIpc) is 2.48. The highest BCUT2D eigenvalue weighted by molar-refractivity contribution is 9.10. The van der Waals surface area contributed by atoms with Crippen molar-refractivity contribution in [3.8, 4) is 0 Å². The number of hydrogen-bond acceptors (Lipinski definition) is 3. The van der Waals surface area contributed by atoms with E-state index in [4.69, 9.17) is 16.3 Å². The molecule has 1 N–H and O–H groups in total. The Kier molecular flexibility index (Phi) is 7.07. The zero-order valence-corrected chi connectivity index (χ0v) is 14.9. The van der Waals surface area contributed by atoms with E-state index >= 15 is 0 Å². The van der Waals surface area contributed by atoms with Crippen molar-refractivity contribution in [1.29, 1.82) is 0 Å². The highest BCUT2D eigenvalue weighted by Gasteiger charge is 2.06. The minimum absolute atomic E-state index is 0.724. The van der Waals surface area contributed by atoms with E-state index in [-0.39, 0.29) is 0 Å². The Morgan fingerprint density at radius 3 is 2.71 bits per heavy atom. The summed E-state index contributed by atoms with van der Waals surface area (Å²) in [5.74, 6) is 0. The molecule has 0 spiro atoms. The van der Waals surface area contributed by atoms with Gasteiger partial charge in [0.25, 0.3) is 0 Å². The predicted molar refractivity (Wildman–Crippen MR) is 93.3 cm³/mol. The Balaban J connectivity index is 2.01. The van der Waals surface area contributed by atoms with Crippen LogP contribution in [0.15, 0.2) is 56.7 Å². The lowest BCUT2D eigenvalue weighted by Crippen LogP contribution is -2.18. The van der Waals surface area contributed by atoms with Gasteiger partial charge in [-0.2, -0.15) is 0 Å². The normalized spacial score (nSPS) is 10.8. The summed E-state index contributed by atoms with van der Waals surface area (Å²) >= 11 is 11.5. The van der Waals surface area contributed by atoms with Gasteiger partial charge in [-0.05, 0) is 45.8 Å². The summed E-state index contributed by atoms with van der Waals surface area (Å²) in [5.41, 5.74) is 1.24. The number of halogens is 2. The molecule has 0 saturated carbocycles. The standard InChI is InChI=1S/C16H17BrClNOS/c1-20-9-8-19-11-12-6-7-15(13(17)10-12)21-16-5-3-2-4-14(16)18/h2-7,10,19H,8-9,11H2,1H3. The molecule has 2 aromatic carbocycles. The van der Waals surface area contributed by atoms with E-state index in [1.54, 1.807) is 18.9 Å². The van der Waals surface area contributed by atoms with Crippen molar-refractivity contribution >= 4 is 39.3 Å². The van der Waals surface area contributed by atoms with E-state index < -0.39 is 0 Å². The Morgan fingerprint density at radius 1 is 1.19 bits per heavy atom. The lowest BCUT2D eigenvalue weighted by molar-refractivity contribution is 0.199. The summed E-state index contributed by atoms with van der Waals surface area (Å²) in [7, 11) is 1.71. The van der Waals surface area contributed by atoms with Crippen molar-refractivity contribution in [3.63, 3.8) is 0 Å². The monoisotopic (exact) mass is 385 g/mol. The molecular weight excluding hydrogens is 370 g/mol. The van der Waals surface area contributed by atoms with Crippen LogP contribution in [0.5, 0.6) is 0 Å². The molecule has 0 bridgehead atoms. The van der Waals surface area contributed by atoms with E-state index in [0.717, 1.165) is 39.0 Å². The second kappa shape index (κ2) is 8.81. The maximum atomic E-state index is 6.20. The van der Waals surface area contributed by atoms with Gasteiger partial charge in [0.1, 0.15) is 0 Å². The maximum absolute atomic E-state index is 6.20. The predicted octanol–water partition coefficient (Wildman–Crippen LogP) is 4.99. The highest BCUT2D eigenvalue weighted by atomic mass is 79.9. The summed E-state index contributed by atoms with van der Waals surface area (Å²) in [5, 5.41) is 4.11. The first-order chi connectivity index (χ1) is 10.2. The number of rotatable bonds is 7. The molecule has 0 aromatic heterocycles. The molecule has 2 nitrogen and oxygen atoms in total. The molecule has 0 fully saturated rings. The minimum atomic E-state index is 0.724. The molecule has 0 atom stereocenters. The fourth-order valence-corrected chi connectivity index (χ4v) is 3.55. The van der Waals surface area contributed by atoms with Crippen molar-refractivity contribution in [2.24, 2.45) is 0 Å². The fraction of sp³-hybridized carbons (Fsp3) is 0.250. The Labute approximate surface area is 143 Å². The van der Waals surface area contributed by atoms with Crippen molar-refractivity contribution in [2.45, 2.75) is 16.3 Å². The van der Waals surface area contributed by atoms with Crippen molar-refractivity contribution in [1.82, 2.24) is 5.32 Å². The van der Waals surface area contributed by atoms with Crippen LogP contribution >= 0.6 is 39.3 Å². The summed E-state index contributed by atoms with van der Waals surface area (Å²) in [6.07, 6.45) is 0. The van der Waals surface area contributed by atoms with Crippen LogP contribution in [0, 0.1) is 0 Å². The van der Waals surface area contributed by atoms with Crippen LogP contribution in [0.25, 0.3) is 0 Å². The largest absolute Gasteiger partial charge is 0.383 e. The third-order valence-corrected chi connectivity index (χ3v) is 5.38. The highest BCUT2D eigenvalue weighted by Crippen LogP contribution is 2.37. The summed E-state index contributed by atoms with van der Waals surface area (Å²) < 4.78 is 6.09. The van der Waals surface area contributed by atoms with Crippen molar-refractivity contribution in [3.05, 3.63) is 57.5 Å². The van der Waals surface area contributed by atoms with E-state index in [0.29, 0.717) is 0 Å². The van der Waals surface area contributed by atoms with Gasteiger partial charge < -0.3 is 10.1 Å². The summed E-state index contributed by atoms with van der Waals surface area (Å²) in [6, 6.07) is 14.3. The molecular formula is C16H17BrClNOS. The fourth-order valence-electron chi connectivity index (χ4n) is 1.79. The van der Waals surface area contributed by atoms with Gasteiger partial charge in [0.2, 0.25) is 0 Å². The van der Waals surface area contributed by atoms with Crippen LogP contribution in [-0.2, 0) is 11.3 Å². The molecule has 0 unspecified atom stereocenters. The smallest absolute Gasteiger partial charge is 0.0587 e. The Morgan fingerprint density at radius 2 is 2.00 bits per heavy atom. The molecule has 0 amide bonds. The number of methoxy groups -OCH3 is 1. The maximum Gasteiger partial charge on any atom is 0.0587 e. The molecule has 0 aliphatic rings. The minimum Gasteiger partial charge on any atom is -0.383 e. The van der Waals surface area contributed by atoms with Crippen molar-refractivity contribution < 1.29 is 4.74 Å². The van der Waals surface area contributed by atoms with Gasteiger partial charge in [-0.15, -0.1) is 0 Å². The molecule has 112 valence electrons. The average molecular weight is 387 g/mol. The lowest BCUT2D eigenvalue weighted by atomic mass is 10.2. The van der Waals surface area contributed by atoms with Crippen LogP contribution in [-0.4, -0.2) is 20.3 Å². The van der Waals surface area contributed by atoms with Crippen molar-refractivity contribution in [2.75, 3.05) is 20.3 Å². The van der Waals surface area contributed by atoms with Gasteiger partial charge in [0.05, 0.1) is 11.6 Å². The van der Waals surface area contributed by atoms with Crippen LogP contribution in [0.1, 0.15) is 5.56 Å². The van der Waals surface area contributed by atoms with E-state index in [1.165, 1.54) is 5.56 Å². The molecule has 21 heavy (non-hydrogen) atoms. The second-order valence-corrected chi connectivity index (χ2v) is 6.81. The lowest BCUT2D eigenvalue weighted by Gasteiger charge is -2.09. The van der Waals surface area contributed by atoms with Crippen LogP contribution in [0.4, 0.5) is 0 Å². The molecule has 0 heterocycles. The zero-order valence-electron chi connectivity index (χ0n) is 11.7. The first kappa shape index (κ1) is 16.8. The molecule has 0 aliphatic heterocycles. The summed E-state index contributed by atoms with van der Waals surface area (Å²) in [6.45, 7) is 2.41. The van der Waals surface area contributed by atoms with Gasteiger partial charge in [0, 0.05) is 34.5 Å². The number of nitrogens with one attached hydrogen (secondary N) is 1. The first-order valence-corrected chi connectivity index (χ1v) is 8.60. The molecule has 0 radical (unpaired) electrons. The molecule has 5 heteroatoms. The molecule has 0 saturated heterocycles. The SMILES string of the molecule is COCCNCc1ccc(Sc2ccccc2Cl)c(Br)c1. The molecule has 0 aliphatic carbocycles.